The van der Waals surface area contributed by atoms with E-state index in [2.05, 4.69) is 26.3 Å². The Kier molecular flexibility index (Phi) is 4.73. The average molecular weight is 302 g/mol. The van der Waals surface area contributed by atoms with Crippen molar-refractivity contribution in [2.24, 2.45) is 5.84 Å². The van der Waals surface area contributed by atoms with Crippen LogP contribution in [0.4, 0.5) is 5.82 Å². The Balaban J connectivity index is 1.95. The Labute approximate surface area is 109 Å². The van der Waals surface area contributed by atoms with E-state index in [0.717, 1.165) is 35.9 Å². The molecule has 1 fully saturated rings. The lowest BCUT2D eigenvalue weighted by Crippen LogP contribution is -2.22. The monoisotopic (exact) mass is 301 g/mol. The van der Waals surface area contributed by atoms with Crippen LogP contribution in [-0.4, -0.2) is 17.9 Å². The molecule has 3 N–H and O–H groups in total. The van der Waals surface area contributed by atoms with Crippen molar-refractivity contribution in [3.63, 3.8) is 0 Å². The maximum Gasteiger partial charge on any atom is 0.158 e. The zero-order valence-corrected chi connectivity index (χ0v) is 11.1. The first-order valence-corrected chi connectivity index (χ1v) is 6.43. The molecule has 6 heteroatoms. The van der Waals surface area contributed by atoms with Crippen molar-refractivity contribution in [1.29, 1.82) is 0 Å². The first-order valence-electron chi connectivity index (χ1n) is 5.64. The number of nitrogens with zero attached hydrogens (tertiary/aromatic N) is 1. The van der Waals surface area contributed by atoms with Crippen molar-refractivity contribution in [3.8, 4) is 0 Å². The van der Waals surface area contributed by atoms with Gasteiger partial charge in [-0.15, -0.1) is 0 Å². The molecular formula is C11H16BrN3O2. The van der Waals surface area contributed by atoms with Crippen LogP contribution in [0.1, 0.15) is 24.8 Å². The topological polar surface area (TPSA) is 69.4 Å². The first kappa shape index (κ1) is 12.8. The molecule has 1 aromatic rings. The highest BCUT2D eigenvalue weighted by Crippen LogP contribution is 2.21. The van der Waals surface area contributed by atoms with E-state index in [9.17, 15) is 0 Å². The number of anilines is 1. The summed E-state index contributed by atoms with van der Waals surface area (Å²) in [4.78, 5) is 4.16. The summed E-state index contributed by atoms with van der Waals surface area (Å²) in [5.74, 6) is 6.02. The van der Waals surface area contributed by atoms with Crippen molar-refractivity contribution < 1.29 is 9.47 Å². The fourth-order valence-corrected chi connectivity index (χ4v) is 2.13. The van der Waals surface area contributed by atoms with Gasteiger partial charge in [0.2, 0.25) is 0 Å². The maximum atomic E-state index is 5.69. The second-order valence-corrected chi connectivity index (χ2v) is 4.83. The molecular weight excluding hydrogens is 286 g/mol. The molecule has 1 aliphatic rings. The molecule has 1 aliphatic heterocycles. The van der Waals surface area contributed by atoms with E-state index in [0.29, 0.717) is 12.4 Å². The molecule has 0 radical (unpaired) electrons. The maximum absolute atomic E-state index is 5.69. The first-order chi connectivity index (χ1) is 8.29. The van der Waals surface area contributed by atoms with Crippen LogP contribution >= 0.6 is 15.9 Å². The van der Waals surface area contributed by atoms with E-state index in [1.54, 1.807) is 6.20 Å². The summed E-state index contributed by atoms with van der Waals surface area (Å²) in [6.07, 6.45) is 4.81. The SMILES string of the molecule is NNc1ncc(Br)cc1COC1CCCCO1. The molecule has 0 aliphatic carbocycles. The summed E-state index contributed by atoms with van der Waals surface area (Å²) in [5.41, 5.74) is 3.47. The fourth-order valence-electron chi connectivity index (χ4n) is 1.75. The summed E-state index contributed by atoms with van der Waals surface area (Å²) in [6, 6.07) is 1.94. The quantitative estimate of drug-likeness (QED) is 0.659. The van der Waals surface area contributed by atoms with Crippen LogP contribution in [0.5, 0.6) is 0 Å². The molecule has 1 saturated heterocycles. The van der Waals surface area contributed by atoms with Gasteiger partial charge in [0.1, 0.15) is 5.82 Å². The molecule has 1 unspecified atom stereocenters. The van der Waals surface area contributed by atoms with E-state index < -0.39 is 0 Å². The van der Waals surface area contributed by atoms with Crippen LogP contribution in [0.25, 0.3) is 0 Å². The van der Waals surface area contributed by atoms with Gasteiger partial charge in [-0.2, -0.15) is 0 Å². The number of hydrogen-bond acceptors (Lipinski definition) is 5. The highest BCUT2D eigenvalue weighted by Gasteiger charge is 2.15. The minimum absolute atomic E-state index is 0.103. The Hall–Kier alpha value is -0.690. The van der Waals surface area contributed by atoms with Gasteiger partial charge >= 0.3 is 0 Å². The number of halogens is 1. The van der Waals surface area contributed by atoms with Gasteiger partial charge in [0.05, 0.1) is 6.61 Å². The Bertz CT molecular complexity index is 370. The van der Waals surface area contributed by atoms with Crippen LogP contribution in [0.15, 0.2) is 16.7 Å². The highest BCUT2D eigenvalue weighted by molar-refractivity contribution is 9.10. The number of pyridine rings is 1. The smallest absolute Gasteiger partial charge is 0.158 e. The molecule has 0 amide bonds. The lowest BCUT2D eigenvalue weighted by Gasteiger charge is -2.23. The molecule has 0 saturated carbocycles. The summed E-state index contributed by atoms with van der Waals surface area (Å²) >= 11 is 3.37. The molecule has 1 aromatic heterocycles. The molecule has 5 nitrogen and oxygen atoms in total. The zero-order chi connectivity index (χ0) is 12.1. The molecule has 17 heavy (non-hydrogen) atoms. The van der Waals surface area contributed by atoms with Crippen LogP contribution < -0.4 is 11.3 Å². The van der Waals surface area contributed by atoms with Gasteiger partial charge in [0.25, 0.3) is 0 Å². The van der Waals surface area contributed by atoms with E-state index in [-0.39, 0.29) is 6.29 Å². The standard InChI is InChI=1S/C11H16BrN3O2/c12-9-5-8(11(15-13)14-6-9)7-17-10-3-1-2-4-16-10/h5-6,10H,1-4,7,13H2,(H,14,15). The summed E-state index contributed by atoms with van der Waals surface area (Å²) < 4.78 is 12.1. The molecule has 0 spiro atoms. The molecule has 94 valence electrons. The predicted octanol–water partition coefficient (Wildman–Crippen LogP) is 2.17. The van der Waals surface area contributed by atoms with Crippen LogP contribution in [-0.2, 0) is 16.1 Å². The van der Waals surface area contributed by atoms with Crippen molar-refractivity contribution in [3.05, 3.63) is 22.3 Å². The van der Waals surface area contributed by atoms with Crippen molar-refractivity contribution in [2.45, 2.75) is 32.2 Å². The Morgan fingerprint density at radius 2 is 2.47 bits per heavy atom. The van der Waals surface area contributed by atoms with Crippen molar-refractivity contribution in [2.75, 3.05) is 12.0 Å². The van der Waals surface area contributed by atoms with E-state index >= 15 is 0 Å². The third kappa shape index (κ3) is 3.64. The van der Waals surface area contributed by atoms with E-state index in [1.165, 1.54) is 0 Å². The third-order valence-corrected chi connectivity index (χ3v) is 3.07. The summed E-state index contributed by atoms with van der Waals surface area (Å²) in [5, 5.41) is 0. The van der Waals surface area contributed by atoms with Crippen molar-refractivity contribution >= 4 is 21.7 Å². The lowest BCUT2D eigenvalue weighted by atomic mass is 10.2. The Morgan fingerprint density at radius 1 is 1.59 bits per heavy atom. The van der Waals surface area contributed by atoms with Crippen LogP contribution in [0, 0.1) is 0 Å². The number of nitrogen functional groups attached to an aromatic ring is 1. The number of nitrogens with two attached hydrogens (primary N) is 1. The number of ether oxygens (including phenoxy) is 2. The molecule has 1 atom stereocenters. The largest absolute Gasteiger partial charge is 0.353 e. The van der Waals surface area contributed by atoms with Crippen LogP contribution in [0.3, 0.4) is 0 Å². The minimum atomic E-state index is -0.103. The van der Waals surface area contributed by atoms with Gasteiger partial charge in [-0.25, -0.2) is 10.8 Å². The fraction of sp³-hybridized carbons (Fsp3) is 0.545. The third-order valence-electron chi connectivity index (χ3n) is 2.63. The lowest BCUT2D eigenvalue weighted by molar-refractivity contribution is -0.168. The van der Waals surface area contributed by atoms with Gasteiger partial charge in [-0.3, -0.25) is 0 Å². The number of nitrogens with one attached hydrogen (secondary N) is 1. The van der Waals surface area contributed by atoms with Gasteiger partial charge in [-0.1, -0.05) is 0 Å². The normalized spacial score (nSPS) is 20.2. The van der Waals surface area contributed by atoms with Gasteiger partial charge in [0.15, 0.2) is 6.29 Å². The summed E-state index contributed by atoms with van der Waals surface area (Å²) in [6.45, 7) is 1.22. The number of aromatic nitrogens is 1. The van der Waals surface area contributed by atoms with Crippen molar-refractivity contribution in [1.82, 2.24) is 4.98 Å². The molecule has 0 aromatic carbocycles. The number of hydrazine groups is 1. The predicted molar refractivity (Wildman–Crippen MR) is 68.1 cm³/mol. The minimum Gasteiger partial charge on any atom is -0.353 e. The number of hydrogen-bond donors (Lipinski definition) is 2. The van der Waals surface area contributed by atoms with E-state index in [4.69, 9.17) is 15.3 Å². The van der Waals surface area contributed by atoms with Crippen LogP contribution in [0.2, 0.25) is 0 Å². The number of rotatable bonds is 4. The zero-order valence-electron chi connectivity index (χ0n) is 9.49. The second-order valence-electron chi connectivity index (χ2n) is 3.91. The van der Waals surface area contributed by atoms with Gasteiger partial charge in [0, 0.05) is 22.8 Å². The second kappa shape index (κ2) is 6.30. The van der Waals surface area contributed by atoms with Gasteiger partial charge in [-0.05, 0) is 41.3 Å². The molecule has 2 rings (SSSR count). The molecule has 0 bridgehead atoms. The highest BCUT2D eigenvalue weighted by atomic mass is 79.9. The molecule has 2 heterocycles. The Morgan fingerprint density at radius 3 is 3.18 bits per heavy atom. The van der Waals surface area contributed by atoms with E-state index in [1.807, 2.05) is 6.07 Å². The van der Waals surface area contributed by atoms with Gasteiger partial charge < -0.3 is 14.9 Å². The summed E-state index contributed by atoms with van der Waals surface area (Å²) in [7, 11) is 0. The average Bonchev–Trinajstić information content (AvgIpc) is 2.38.